The quantitative estimate of drug-likeness (QED) is 0.554. The molecule has 0 saturated heterocycles. The average molecular weight is 406 g/mol. The van der Waals surface area contributed by atoms with Gasteiger partial charge in [-0.3, -0.25) is 14.8 Å². The highest BCUT2D eigenvalue weighted by Crippen LogP contribution is 2.37. The zero-order valence-corrected chi connectivity index (χ0v) is 16.0. The summed E-state index contributed by atoms with van der Waals surface area (Å²) >= 11 is 6.33. The van der Waals surface area contributed by atoms with Crippen LogP contribution in [0.25, 0.3) is 11.1 Å². The lowest BCUT2D eigenvalue weighted by atomic mass is 10.00. The van der Waals surface area contributed by atoms with Crippen molar-refractivity contribution >= 4 is 28.6 Å². The van der Waals surface area contributed by atoms with Crippen LogP contribution in [0.3, 0.4) is 0 Å². The molecule has 0 bridgehead atoms. The van der Waals surface area contributed by atoms with Gasteiger partial charge < -0.3 is 9.32 Å². The van der Waals surface area contributed by atoms with Gasteiger partial charge in [0.1, 0.15) is 0 Å². The van der Waals surface area contributed by atoms with Crippen LogP contribution in [0.15, 0.2) is 70.0 Å². The Morgan fingerprint density at radius 2 is 1.97 bits per heavy atom. The van der Waals surface area contributed by atoms with Crippen molar-refractivity contribution in [3.8, 4) is 0 Å². The fraction of sp³-hybridized carbons (Fsp3) is 0.136. The summed E-state index contributed by atoms with van der Waals surface area (Å²) < 4.78 is 5.16. The Hall–Kier alpha value is -3.38. The summed E-state index contributed by atoms with van der Waals surface area (Å²) in [6, 6.07) is 16.5. The number of fused-ring (bicyclic) bond motifs is 2. The molecule has 2 aromatic heterocycles. The van der Waals surface area contributed by atoms with Gasteiger partial charge in [0.25, 0.3) is 5.91 Å². The molecule has 2 aromatic carbocycles. The maximum absolute atomic E-state index is 13.1. The number of aromatic amines is 1. The standard InChI is InChI=1S/C22H16ClN3O3/c23-16-6-3-9-24-18(16)11-19-14-4-1-2-5-15(14)21(27)26(19)12-13-7-8-17-20(10-13)29-22(28)25-17/h1-10,19H,11-12H2,(H,25,28). The molecule has 0 fully saturated rings. The second-order valence-electron chi connectivity index (χ2n) is 7.02. The molecule has 1 N–H and O–H groups in total. The van der Waals surface area contributed by atoms with Crippen LogP contribution in [-0.2, 0) is 13.0 Å². The molecule has 29 heavy (non-hydrogen) atoms. The van der Waals surface area contributed by atoms with Gasteiger partial charge in [-0.15, -0.1) is 0 Å². The van der Waals surface area contributed by atoms with Gasteiger partial charge in [0.15, 0.2) is 5.58 Å². The Labute approximate surface area is 170 Å². The van der Waals surface area contributed by atoms with E-state index in [9.17, 15) is 9.59 Å². The van der Waals surface area contributed by atoms with Crippen LogP contribution in [-0.4, -0.2) is 20.8 Å². The second-order valence-corrected chi connectivity index (χ2v) is 7.42. The molecule has 3 heterocycles. The van der Waals surface area contributed by atoms with Crippen LogP contribution >= 0.6 is 11.6 Å². The highest BCUT2D eigenvalue weighted by molar-refractivity contribution is 6.31. The molecule has 4 aromatic rings. The van der Waals surface area contributed by atoms with Crippen molar-refractivity contribution < 1.29 is 9.21 Å². The van der Waals surface area contributed by atoms with Crippen LogP contribution in [0, 0.1) is 0 Å². The predicted molar refractivity (Wildman–Crippen MR) is 109 cm³/mol. The van der Waals surface area contributed by atoms with Gasteiger partial charge >= 0.3 is 5.76 Å². The molecule has 0 spiro atoms. The first kappa shape index (κ1) is 17.7. The van der Waals surface area contributed by atoms with Crippen LogP contribution in [0.4, 0.5) is 0 Å². The molecule has 0 aliphatic carbocycles. The number of oxazole rings is 1. The van der Waals surface area contributed by atoms with Crippen molar-refractivity contribution in [2.24, 2.45) is 0 Å². The van der Waals surface area contributed by atoms with Crippen molar-refractivity contribution in [2.75, 3.05) is 0 Å². The van der Waals surface area contributed by atoms with E-state index in [1.807, 2.05) is 35.2 Å². The largest absolute Gasteiger partial charge is 0.417 e. The summed E-state index contributed by atoms with van der Waals surface area (Å²) in [5.74, 6) is -0.530. The van der Waals surface area contributed by atoms with Gasteiger partial charge in [-0.05, 0) is 41.5 Å². The number of H-pyrrole nitrogens is 1. The fourth-order valence-electron chi connectivity index (χ4n) is 3.89. The summed E-state index contributed by atoms with van der Waals surface area (Å²) in [6.07, 6.45) is 2.22. The number of aromatic nitrogens is 2. The summed E-state index contributed by atoms with van der Waals surface area (Å²) in [7, 11) is 0. The number of amides is 1. The topological polar surface area (TPSA) is 79.2 Å². The van der Waals surface area contributed by atoms with E-state index in [1.54, 1.807) is 30.5 Å². The van der Waals surface area contributed by atoms with E-state index < -0.39 is 5.76 Å². The number of hydrogen-bond acceptors (Lipinski definition) is 4. The number of carbonyl (C=O) groups excluding carboxylic acids is 1. The van der Waals surface area contributed by atoms with Gasteiger partial charge in [0.05, 0.1) is 22.3 Å². The van der Waals surface area contributed by atoms with Crippen LogP contribution in [0.1, 0.15) is 33.2 Å². The van der Waals surface area contributed by atoms with E-state index in [-0.39, 0.29) is 11.9 Å². The number of carbonyl (C=O) groups is 1. The summed E-state index contributed by atoms with van der Waals surface area (Å²) in [5, 5.41) is 0.583. The summed E-state index contributed by atoms with van der Waals surface area (Å²) in [4.78, 5) is 33.4. The van der Waals surface area contributed by atoms with Crippen molar-refractivity contribution in [3.63, 3.8) is 0 Å². The van der Waals surface area contributed by atoms with Crippen LogP contribution < -0.4 is 5.76 Å². The molecule has 5 rings (SSSR count). The molecule has 0 radical (unpaired) electrons. The number of pyridine rings is 1. The zero-order chi connectivity index (χ0) is 20.0. The smallest absolute Gasteiger partial charge is 0.408 e. The van der Waals surface area contributed by atoms with Crippen LogP contribution in [0.2, 0.25) is 5.02 Å². The van der Waals surface area contributed by atoms with Crippen molar-refractivity contribution in [1.82, 2.24) is 14.9 Å². The third kappa shape index (κ3) is 3.11. The molecule has 7 heteroatoms. The van der Waals surface area contributed by atoms with Gasteiger partial charge in [-0.2, -0.15) is 0 Å². The van der Waals surface area contributed by atoms with E-state index >= 15 is 0 Å². The monoisotopic (exact) mass is 405 g/mol. The molecular weight excluding hydrogens is 390 g/mol. The van der Waals surface area contributed by atoms with E-state index in [4.69, 9.17) is 16.0 Å². The molecule has 144 valence electrons. The third-order valence-corrected chi connectivity index (χ3v) is 5.59. The minimum atomic E-state index is -0.496. The number of nitrogens with one attached hydrogen (secondary N) is 1. The minimum Gasteiger partial charge on any atom is -0.408 e. The number of rotatable bonds is 4. The number of nitrogens with zero attached hydrogens (tertiary/aromatic N) is 2. The van der Waals surface area contributed by atoms with Gasteiger partial charge in [0, 0.05) is 24.7 Å². The van der Waals surface area contributed by atoms with E-state index in [0.717, 1.165) is 16.8 Å². The summed E-state index contributed by atoms with van der Waals surface area (Å²) in [5.41, 5.74) is 4.39. The van der Waals surface area contributed by atoms with Crippen molar-refractivity contribution in [2.45, 2.75) is 19.0 Å². The third-order valence-electron chi connectivity index (χ3n) is 5.25. The van der Waals surface area contributed by atoms with E-state index in [0.29, 0.717) is 34.7 Å². The Morgan fingerprint density at radius 1 is 1.10 bits per heavy atom. The van der Waals surface area contributed by atoms with Crippen molar-refractivity contribution in [1.29, 1.82) is 0 Å². The molecular formula is C22H16ClN3O3. The molecule has 1 unspecified atom stereocenters. The first-order valence-corrected chi connectivity index (χ1v) is 9.59. The normalized spacial score (nSPS) is 15.8. The first-order chi connectivity index (χ1) is 14.1. The van der Waals surface area contributed by atoms with Gasteiger partial charge in [0.2, 0.25) is 0 Å². The predicted octanol–water partition coefficient (Wildman–Crippen LogP) is 4.11. The second kappa shape index (κ2) is 6.90. The highest BCUT2D eigenvalue weighted by Gasteiger charge is 2.36. The maximum atomic E-state index is 13.1. The lowest BCUT2D eigenvalue weighted by Gasteiger charge is -2.25. The lowest BCUT2D eigenvalue weighted by Crippen LogP contribution is -2.29. The Morgan fingerprint density at radius 3 is 2.83 bits per heavy atom. The number of halogens is 1. The van der Waals surface area contributed by atoms with Crippen molar-refractivity contribution in [3.05, 3.63) is 98.8 Å². The maximum Gasteiger partial charge on any atom is 0.417 e. The molecule has 1 aliphatic heterocycles. The zero-order valence-electron chi connectivity index (χ0n) is 15.3. The number of hydrogen-bond donors (Lipinski definition) is 1. The van der Waals surface area contributed by atoms with E-state index in [1.165, 1.54) is 0 Å². The van der Waals surface area contributed by atoms with E-state index in [2.05, 4.69) is 9.97 Å². The Kier molecular flexibility index (Phi) is 4.21. The van der Waals surface area contributed by atoms with Gasteiger partial charge in [-0.1, -0.05) is 35.9 Å². The lowest BCUT2D eigenvalue weighted by molar-refractivity contribution is 0.0708. The molecule has 1 amide bonds. The highest BCUT2D eigenvalue weighted by atomic mass is 35.5. The molecule has 0 saturated carbocycles. The van der Waals surface area contributed by atoms with Crippen LogP contribution in [0.5, 0.6) is 0 Å². The number of benzene rings is 2. The average Bonchev–Trinajstić information content (AvgIpc) is 3.21. The fourth-order valence-corrected chi connectivity index (χ4v) is 4.08. The van der Waals surface area contributed by atoms with Gasteiger partial charge in [-0.25, -0.2) is 4.79 Å². The SMILES string of the molecule is O=C1c2ccccc2C(Cc2ncccc2Cl)N1Cc1ccc2[nH]c(=O)oc2c1. The molecule has 1 atom stereocenters. The minimum absolute atomic E-state index is 0.0340. The summed E-state index contributed by atoms with van der Waals surface area (Å²) in [6.45, 7) is 0.382. The molecule has 1 aliphatic rings. The first-order valence-electron chi connectivity index (χ1n) is 9.21. The molecule has 6 nitrogen and oxygen atoms in total. The Balaban J connectivity index is 1.53. The Bertz CT molecular complexity index is 1290.